The van der Waals surface area contributed by atoms with Crippen LogP contribution in [-0.2, 0) is 41.3 Å². The zero-order valence-electron chi connectivity index (χ0n) is 19.3. The summed E-state index contributed by atoms with van der Waals surface area (Å²) < 4.78 is 73.5. The van der Waals surface area contributed by atoms with Crippen molar-refractivity contribution in [1.82, 2.24) is 0 Å². The number of rotatable bonds is 9. The summed E-state index contributed by atoms with van der Waals surface area (Å²) in [7, 11) is -11.3. The highest BCUT2D eigenvalue weighted by atomic mass is 32.3. The Morgan fingerprint density at radius 1 is 0.697 bits per heavy atom. The van der Waals surface area contributed by atoms with Gasteiger partial charge in [-0.3, -0.25) is 19.2 Å². The Kier molecular flexibility index (Phi) is 11.8. The van der Waals surface area contributed by atoms with E-state index in [-0.39, 0.29) is 16.8 Å². The summed E-state index contributed by atoms with van der Waals surface area (Å²) in [6, 6.07) is 0. The van der Waals surface area contributed by atoms with Gasteiger partial charge in [-0.05, 0) is 38.5 Å². The van der Waals surface area contributed by atoms with Gasteiger partial charge in [-0.1, -0.05) is 57.8 Å². The standard InChI is InChI=1S/C21H38N2O6S4/c22-20(33(28,29)19-14-8-1-2-9-15-19)30(24)16-10-3-4-11-17-32(26,27)21(23)31(25)18-12-6-5-7-13-18/h18-19,22-23H,1-17H2. The third kappa shape index (κ3) is 8.61. The summed E-state index contributed by atoms with van der Waals surface area (Å²) >= 11 is 0. The predicted octanol–water partition coefficient (Wildman–Crippen LogP) is 3.80. The first kappa shape index (κ1) is 28.8. The third-order valence-electron chi connectivity index (χ3n) is 6.52. The van der Waals surface area contributed by atoms with Crippen LogP contribution in [0, 0.1) is 10.8 Å². The molecule has 2 N–H and O–H groups in total. The van der Waals surface area contributed by atoms with E-state index in [9.17, 15) is 25.3 Å². The summed E-state index contributed by atoms with van der Waals surface area (Å²) in [6.45, 7) is 0. The van der Waals surface area contributed by atoms with E-state index in [0.717, 1.165) is 44.9 Å². The second kappa shape index (κ2) is 13.6. The van der Waals surface area contributed by atoms with Gasteiger partial charge in [-0.15, -0.1) is 0 Å². The molecular formula is C21H38N2O6S4. The van der Waals surface area contributed by atoms with Crippen molar-refractivity contribution in [2.75, 3.05) is 11.5 Å². The molecule has 0 aromatic carbocycles. The predicted molar refractivity (Wildman–Crippen MR) is 136 cm³/mol. The average Bonchev–Trinajstić information content (AvgIpc) is 3.10. The minimum Gasteiger partial charge on any atom is -0.282 e. The molecule has 0 saturated heterocycles. The fourth-order valence-corrected chi connectivity index (χ4v) is 11.5. The lowest BCUT2D eigenvalue weighted by Crippen LogP contribution is -2.31. The van der Waals surface area contributed by atoms with Crippen molar-refractivity contribution in [3.63, 3.8) is 0 Å². The molecule has 2 rings (SSSR count). The van der Waals surface area contributed by atoms with Gasteiger partial charge in [0.1, 0.15) is 0 Å². The Hall–Kier alpha value is -0.460. The number of hydrogen-bond donors (Lipinski definition) is 2. The first-order chi connectivity index (χ1) is 15.6. The van der Waals surface area contributed by atoms with Crippen LogP contribution in [0.2, 0.25) is 0 Å². The molecule has 0 spiro atoms. The Labute approximate surface area is 203 Å². The van der Waals surface area contributed by atoms with E-state index in [1.807, 2.05) is 0 Å². The van der Waals surface area contributed by atoms with Crippen LogP contribution in [0.4, 0.5) is 0 Å². The minimum absolute atomic E-state index is 0.0685. The zero-order chi connectivity index (χ0) is 24.5. The molecule has 0 aromatic rings. The van der Waals surface area contributed by atoms with Gasteiger partial charge in [-0.25, -0.2) is 16.8 Å². The van der Waals surface area contributed by atoms with Crippen molar-refractivity contribution in [3.8, 4) is 0 Å². The summed E-state index contributed by atoms with van der Waals surface area (Å²) in [5, 5.41) is 15.0. The Bertz CT molecular complexity index is 932. The lowest BCUT2D eigenvalue weighted by molar-refractivity contribution is 0.507. The molecule has 12 heteroatoms. The van der Waals surface area contributed by atoms with Crippen molar-refractivity contribution in [1.29, 1.82) is 10.8 Å². The SMILES string of the molecule is N=C(S(=O)C1CCCCC1)S(=O)(=O)CCCCCCS(=O)C(=N)S(=O)(=O)C1CCCCCC1. The van der Waals surface area contributed by atoms with E-state index in [1.165, 1.54) is 0 Å². The fourth-order valence-electron chi connectivity index (χ4n) is 4.45. The molecule has 2 atom stereocenters. The van der Waals surface area contributed by atoms with E-state index < -0.39 is 55.3 Å². The van der Waals surface area contributed by atoms with Gasteiger partial charge >= 0.3 is 0 Å². The topological polar surface area (TPSA) is 150 Å². The molecule has 0 amide bonds. The molecule has 33 heavy (non-hydrogen) atoms. The largest absolute Gasteiger partial charge is 0.282 e. The summed E-state index contributed by atoms with van der Waals surface area (Å²) in [5.74, 6) is -0.168. The van der Waals surface area contributed by atoms with Crippen LogP contribution in [0.5, 0.6) is 0 Å². The Balaban J connectivity index is 1.70. The van der Waals surface area contributed by atoms with E-state index in [1.54, 1.807) is 0 Å². The fraction of sp³-hybridized carbons (Fsp3) is 0.905. The van der Waals surface area contributed by atoms with E-state index in [4.69, 9.17) is 10.8 Å². The Morgan fingerprint density at radius 2 is 1.21 bits per heavy atom. The highest BCUT2D eigenvalue weighted by molar-refractivity contribution is 8.29. The van der Waals surface area contributed by atoms with Gasteiger partial charge in [-0.2, -0.15) is 0 Å². The molecule has 0 radical (unpaired) electrons. The molecule has 0 aromatic heterocycles. The quantitative estimate of drug-likeness (QED) is 0.196. The minimum atomic E-state index is -3.85. The maximum Gasteiger partial charge on any atom is 0.212 e. The maximum atomic E-state index is 12.6. The van der Waals surface area contributed by atoms with Gasteiger partial charge in [0.15, 0.2) is 0 Å². The molecule has 0 aliphatic heterocycles. The molecule has 2 saturated carbocycles. The maximum absolute atomic E-state index is 12.6. The molecule has 2 fully saturated rings. The molecule has 2 aliphatic carbocycles. The van der Waals surface area contributed by atoms with Crippen LogP contribution in [0.3, 0.4) is 0 Å². The molecule has 2 aliphatic rings. The highest BCUT2D eigenvalue weighted by Crippen LogP contribution is 2.25. The van der Waals surface area contributed by atoms with Crippen molar-refractivity contribution in [3.05, 3.63) is 0 Å². The lowest BCUT2D eigenvalue weighted by atomic mass is 10.0. The molecule has 0 bridgehead atoms. The first-order valence-electron chi connectivity index (χ1n) is 12.0. The molecule has 8 nitrogen and oxygen atoms in total. The number of nitrogens with one attached hydrogen (secondary N) is 2. The van der Waals surface area contributed by atoms with E-state index >= 15 is 0 Å². The van der Waals surface area contributed by atoms with Crippen molar-refractivity contribution < 1.29 is 25.3 Å². The van der Waals surface area contributed by atoms with Gasteiger partial charge in [0.05, 0.1) is 32.6 Å². The van der Waals surface area contributed by atoms with Gasteiger partial charge in [0, 0.05) is 11.0 Å². The first-order valence-corrected chi connectivity index (χ1v) is 17.7. The van der Waals surface area contributed by atoms with Crippen LogP contribution in [0.15, 0.2) is 0 Å². The second-order valence-electron chi connectivity index (χ2n) is 9.07. The van der Waals surface area contributed by atoms with Gasteiger partial charge < -0.3 is 0 Å². The van der Waals surface area contributed by atoms with Crippen LogP contribution < -0.4 is 0 Å². The van der Waals surface area contributed by atoms with Crippen LogP contribution in [0.1, 0.15) is 96.3 Å². The van der Waals surface area contributed by atoms with Gasteiger partial charge in [0.2, 0.25) is 28.4 Å². The van der Waals surface area contributed by atoms with Crippen LogP contribution in [-0.4, -0.2) is 56.0 Å². The van der Waals surface area contributed by atoms with Crippen LogP contribution >= 0.6 is 0 Å². The van der Waals surface area contributed by atoms with Crippen molar-refractivity contribution in [2.24, 2.45) is 0 Å². The molecule has 192 valence electrons. The van der Waals surface area contributed by atoms with Crippen LogP contribution in [0.25, 0.3) is 0 Å². The number of sulfone groups is 2. The highest BCUT2D eigenvalue weighted by Gasteiger charge is 2.33. The normalized spacial score (nSPS) is 21.2. The summed E-state index contributed by atoms with van der Waals surface area (Å²) in [4.78, 5) is 0. The molecular weight excluding hydrogens is 505 g/mol. The van der Waals surface area contributed by atoms with Crippen molar-refractivity contribution in [2.45, 2.75) is 107 Å². The second-order valence-corrected chi connectivity index (χ2v) is 17.0. The van der Waals surface area contributed by atoms with Gasteiger partial charge in [0.25, 0.3) is 0 Å². The Morgan fingerprint density at radius 3 is 1.82 bits per heavy atom. The van der Waals surface area contributed by atoms with E-state index in [2.05, 4.69) is 0 Å². The number of hydrogen-bond acceptors (Lipinski definition) is 8. The smallest absolute Gasteiger partial charge is 0.212 e. The number of unbranched alkanes of at least 4 members (excludes halogenated alkanes) is 3. The summed E-state index contributed by atoms with van der Waals surface area (Å²) in [5.41, 5.74) is 0. The summed E-state index contributed by atoms with van der Waals surface area (Å²) in [6.07, 6.45) is 10.8. The third-order valence-corrected chi connectivity index (χ3v) is 14.8. The molecule has 2 unspecified atom stereocenters. The monoisotopic (exact) mass is 542 g/mol. The van der Waals surface area contributed by atoms with E-state index in [0.29, 0.717) is 51.4 Å². The van der Waals surface area contributed by atoms with Crippen molar-refractivity contribution >= 4 is 50.0 Å². The molecule has 0 heterocycles. The lowest BCUT2D eigenvalue weighted by Gasteiger charge is -2.20. The average molecular weight is 543 g/mol. The zero-order valence-corrected chi connectivity index (χ0v) is 22.5.